The Morgan fingerprint density at radius 2 is 2.17 bits per heavy atom. The Labute approximate surface area is 107 Å². The summed E-state index contributed by atoms with van der Waals surface area (Å²) in [6.45, 7) is 2.83. The Morgan fingerprint density at radius 1 is 1.28 bits per heavy atom. The van der Waals surface area contributed by atoms with Crippen LogP contribution >= 0.6 is 0 Å². The molecule has 94 valence electrons. The fourth-order valence-corrected chi connectivity index (χ4v) is 1.71. The van der Waals surface area contributed by atoms with Crippen LogP contribution in [0.4, 0.5) is 5.82 Å². The van der Waals surface area contributed by atoms with Crippen LogP contribution in [0.1, 0.15) is 11.1 Å². The van der Waals surface area contributed by atoms with Crippen LogP contribution in [0.5, 0.6) is 5.75 Å². The summed E-state index contributed by atoms with van der Waals surface area (Å²) in [5, 5.41) is 11.2. The van der Waals surface area contributed by atoms with Gasteiger partial charge < -0.3 is 10.1 Å². The molecule has 0 bridgehead atoms. The largest absolute Gasteiger partial charge is 0.497 e. The molecular weight excluding hydrogens is 226 g/mol. The third kappa shape index (κ3) is 3.45. The van der Waals surface area contributed by atoms with Crippen molar-refractivity contribution in [1.82, 2.24) is 10.2 Å². The molecule has 0 saturated carbocycles. The van der Waals surface area contributed by atoms with Crippen molar-refractivity contribution in [3.05, 3.63) is 47.7 Å². The van der Waals surface area contributed by atoms with Crippen molar-refractivity contribution >= 4 is 5.82 Å². The number of hydrogen-bond acceptors (Lipinski definition) is 4. The Hall–Kier alpha value is -2.10. The average Bonchev–Trinajstić information content (AvgIpc) is 2.39. The number of nitrogens with zero attached hydrogens (tertiary/aromatic N) is 2. The zero-order valence-corrected chi connectivity index (χ0v) is 10.7. The first kappa shape index (κ1) is 12.4. The van der Waals surface area contributed by atoms with E-state index >= 15 is 0 Å². The maximum absolute atomic E-state index is 5.19. The molecule has 0 radical (unpaired) electrons. The van der Waals surface area contributed by atoms with E-state index < -0.39 is 0 Å². The molecule has 0 aliphatic heterocycles. The van der Waals surface area contributed by atoms with Crippen molar-refractivity contribution in [3.8, 4) is 5.75 Å². The van der Waals surface area contributed by atoms with Crippen LogP contribution in [0.15, 0.2) is 36.5 Å². The van der Waals surface area contributed by atoms with E-state index in [4.69, 9.17) is 4.74 Å². The highest BCUT2D eigenvalue weighted by molar-refractivity contribution is 5.35. The van der Waals surface area contributed by atoms with Gasteiger partial charge in [0.2, 0.25) is 0 Å². The Morgan fingerprint density at radius 3 is 2.94 bits per heavy atom. The molecule has 0 aliphatic carbocycles. The highest BCUT2D eigenvalue weighted by Gasteiger charge is 1.98. The van der Waals surface area contributed by atoms with Gasteiger partial charge in [0.1, 0.15) is 11.6 Å². The molecule has 2 rings (SSSR count). The molecule has 0 aliphatic rings. The number of ether oxygens (including phenoxy) is 1. The SMILES string of the molecule is COc1cccc(CCNc2cc(C)cnn2)c1. The normalized spacial score (nSPS) is 10.1. The number of hydrogen-bond donors (Lipinski definition) is 1. The van der Waals surface area contributed by atoms with E-state index in [1.165, 1.54) is 5.56 Å². The first-order valence-corrected chi connectivity index (χ1v) is 5.94. The van der Waals surface area contributed by atoms with Gasteiger partial charge in [0.25, 0.3) is 0 Å². The predicted octanol–water partition coefficient (Wildman–Crippen LogP) is 2.45. The predicted molar refractivity (Wildman–Crippen MR) is 72.0 cm³/mol. The van der Waals surface area contributed by atoms with Crippen molar-refractivity contribution in [1.29, 1.82) is 0 Å². The second-order valence-electron chi connectivity index (χ2n) is 4.15. The van der Waals surface area contributed by atoms with E-state index in [1.807, 2.05) is 31.2 Å². The number of anilines is 1. The molecule has 0 spiro atoms. The first-order valence-electron chi connectivity index (χ1n) is 5.94. The molecule has 2 aromatic rings. The molecule has 18 heavy (non-hydrogen) atoms. The van der Waals surface area contributed by atoms with Gasteiger partial charge in [-0.2, -0.15) is 5.10 Å². The number of aromatic nitrogens is 2. The number of aryl methyl sites for hydroxylation is 1. The van der Waals surface area contributed by atoms with Crippen LogP contribution in [-0.2, 0) is 6.42 Å². The van der Waals surface area contributed by atoms with E-state index in [0.717, 1.165) is 30.1 Å². The molecule has 4 heteroatoms. The van der Waals surface area contributed by atoms with E-state index in [1.54, 1.807) is 13.3 Å². The van der Waals surface area contributed by atoms with Gasteiger partial charge >= 0.3 is 0 Å². The lowest BCUT2D eigenvalue weighted by Gasteiger charge is -2.06. The Balaban J connectivity index is 1.88. The van der Waals surface area contributed by atoms with Crippen LogP contribution in [0, 0.1) is 6.92 Å². The molecule has 4 nitrogen and oxygen atoms in total. The molecule has 0 fully saturated rings. The number of benzene rings is 1. The van der Waals surface area contributed by atoms with Gasteiger partial charge in [0, 0.05) is 6.54 Å². The fraction of sp³-hybridized carbons (Fsp3) is 0.286. The second-order valence-corrected chi connectivity index (χ2v) is 4.15. The van der Waals surface area contributed by atoms with Crippen molar-refractivity contribution in [2.75, 3.05) is 19.0 Å². The summed E-state index contributed by atoms with van der Waals surface area (Å²) in [6.07, 6.45) is 2.67. The zero-order chi connectivity index (χ0) is 12.8. The Bertz CT molecular complexity index is 514. The van der Waals surface area contributed by atoms with E-state index in [2.05, 4.69) is 21.6 Å². The lowest BCUT2D eigenvalue weighted by Crippen LogP contribution is -2.07. The molecule has 1 aromatic carbocycles. The van der Waals surface area contributed by atoms with Crippen LogP contribution in [0.2, 0.25) is 0 Å². The van der Waals surface area contributed by atoms with Crippen LogP contribution < -0.4 is 10.1 Å². The third-order valence-electron chi connectivity index (χ3n) is 2.65. The van der Waals surface area contributed by atoms with Gasteiger partial charge in [0.05, 0.1) is 13.3 Å². The standard InChI is InChI=1S/C14H17N3O/c1-11-8-14(17-16-10-11)15-7-6-12-4-3-5-13(9-12)18-2/h3-5,8-10H,6-7H2,1-2H3,(H,15,17). The van der Waals surface area contributed by atoms with Gasteiger partial charge in [-0.1, -0.05) is 12.1 Å². The zero-order valence-electron chi connectivity index (χ0n) is 10.7. The van der Waals surface area contributed by atoms with E-state index in [-0.39, 0.29) is 0 Å². The van der Waals surface area contributed by atoms with Crippen molar-refractivity contribution < 1.29 is 4.74 Å². The summed E-state index contributed by atoms with van der Waals surface area (Å²) < 4.78 is 5.19. The summed E-state index contributed by atoms with van der Waals surface area (Å²) >= 11 is 0. The van der Waals surface area contributed by atoms with Gasteiger partial charge in [0.15, 0.2) is 0 Å². The highest BCUT2D eigenvalue weighted by Crippen LogP contribution is 2.13. The fourth-order valence-electron chi connectivity index (χ4n) is 1.71. The lowest BCUT2D eigenvalue weighted by atomic mass is 10.1. The maximum Gasteiger partial charge on any atom is 0.148 e. The molecule has 1 aromatic heterocycles. The van der Waals surface area contributed by atoms with Gasteiger partial charge in [-0.05, 0) is 42.7 Å². The molecule has 1 heterocycles. The summed E-state index contributed by atoms with van der Waals surface area (Å²) in [5.41, 5.74) is 2.34. The molecule has 0 unspecified atom stereocenters. The first-order chi connectivity index (χ1) is 8.78. The number of nitrogens with one attached hydrogen (secondary N) is 1. The van der Waals surface area contributed by atoms with Crippen molar-refractivity contribution in [2.45, 2.75) is 13.3 Å². The van der Waals surface area contributed by atoms with Crippen LogP contribution in [0.3, 0.4) is 0 Å². The highest BCUT2D eigenvalue weighted by atomic mass is 16.5. The molecule has 0 amide bonds. The summed E-state index contributed by atoms with van der Waals surface area (Å²) in [5.74, 6) is 1.71. The number of methoxy groups -OCH3 is 1. The van der Waals surface area contributed by atoms with Gasteiger partial charge in [-0.15, -0.1) is 5.10 Å². The van der Waals surface area contributed by atoms with Crippen LogP contribution in [0.25, 0.3) is 0 Å². The lowest BCUT2D eigenvalue weighted by molar-refractivity contribution is 0.414. The van der Waals surface area contributed by atoms with Crippen molar-refractivity contribution in [3.63, 3.8) is 0 Å². The maximum atomic E-state index is 5.19. The summed E-state index contributed by atoms with van der Waals surface area (Å²) in [7, 11) is 1.68. The number of rotatable bonds is 5. The van der Waals surface area contributed by atoms with Crippen LogP contribution in [-0.4, -0.2) is 23.9 Å². The molecule has 0 saturated heterocycles. The minimum Gasteiger partial charge on any atom is -0.497 e. The van der Waals surface area contributed by atoms with E-state index in [9.17, 15) is 0 Å². The average molecular weight is 243 g/mol. The minimum atomic E-state index is 0.817. The minimum absolute atomic E-state index is 0.817. The second kappa shape index (κ2) is 6.00. The quantitative estimate of drug-likeness (QED) is 0.876. The summed E-state index contributed by atoms with van der Waals surface area (Å²) in [6, 6.07) is 10.1. The van der Waals surface area contributed by atoms with Gasteiger partial charge in [-0.25, -0.2) is 0 Å². The van der Waals surface area contributed by atoms with E-state index in [0.29, 0.717) is 0 Å². The summed E-state index contributed by atoms with van der Waals surface area (Å²) in [4.78, 5) is 0. The smallest absolute Gasteiger partial charge is 0.148 e. The molecular formula is C14H17N3O. The van der Waals surface area contributed by atoms with Crippen molar-refractivity contribution in [2.24, 2.45) is 0 Å². The Kier molecular flexibility index (Phi) is 4.12. The topological polar surface area (TPSA) is 47.0 Å². The molecule has 0 atom stereocenters. The monoisotopic (exact) mass is 243 g/mol. The third-order valence-corrected chi connectivity index (χ3v) is 2.65. The molecule has 1 N–H and O–H groups in total. The van der Waals surface area contributed by atoms with Gasteiger partial charge in [-0.3, -0.25) is 0 Å².